The van der Waals surface area contributed by atoms with E-state index in [0.717, 1.165) is 24.3 Å². The van der Waals surface area contributed by atoms with Crippen LogP contribution in [0.5, 0.6) is 34.5 Å². The van der Waals surface area contributed by atoms with Gasteiger partial charge in [0.1, 0.15) is 46.4 Å². The number of rotatable bonds is 4. The van der Waals surface area contributed by atoms with Gasteiger partial charge >= 0.3 is 0 Å². The quantitative estimate of drug-likeness (QED) is 0.124. The van der Waals surface area contributed by atoms with Gasteiger partial charge in [0.2, 0.25) is 28.6 Å². The predicted molar refractivity (Wildman–Crippen MR) is 177 cm³/mol. The van der Waals surface area contributed by atoms with Crippen molar-refractivity contribution in [1.29, 1.82) is 0 Å². The zero-order valence-electron chi connectivity index (χ0n) is 26.0. The molecule has 1 fully saturated rings. The lowest BCUT2D eigenvalue weighted by molar-refractivity contribution is -0.268. The van der Waals surface area contributed by atoms with Gasteiger partial charge in [-0.05, 0) is 37.3 Å². The van der Waals surface area contributed by atoms with Crippen molar-refractivity contribution in [2.24, 2.45) is 0 Å². The molecule has 1 saturated heterocycles. The summed E-state index contributed by atoms with van der Waals surface area (Å²) in [6.45, 7) is 1.42. The van der Waals surface area contributed by atoms with Crippen LogP contribution in [0, 0.1) is 0 Å². The molecule has 258 valence electrons. The molecule has 0 spiro atoms. The number of ether oxygens (including phenoxy) is 2. The lowest BCUT2D eigenvalue weighted by Crippen LogP contribution is -2.58. The molecule has 50 heavy (non-hydrogen) atoms. The van der Waals surface area contributed by atoms with Crippen LogP contribution < -0.4 is 15.6 Å². The van der Waals surface area contributed by atoms with E-state index in [9.17, 15) is 50.4 Å². The highest BCUT2D eigenvalue weighted by Gasteiger charge is 2.44. The van der Waals surface area contributed by atoms with E-state index in [1.165, 1.54) is 13.0 Å². The van der Waals surface area contributed by atoms with Gasteiger partial charge in [0.05, 0.1) is 11.5 Å². The summed E-state index contributed by atoms with van der Waals surface area (Å²) in [5.41, 5.74) is -0.310. The summed E-state index contributed by atoms with van der Waals surface area (Å²) in [5, 5.41) is 79.6. The van der Waals surface area contributed by atoms with Crippen molar-refractivity contribution in [1.82, 2.24) is 0 Å². The van der Waals surface area contributed by atoms with Crippen LogP contribution in [-0.4, -0.2) is 71.6 Å². The van der Waals surface area contributed by atoms with Gasteiger partial charge < -0.3 is 59.2 Å². The molecule has 3 heterocycles. The van der Waals surface area contributed by atoms with Gasteiger partial charge in [0.15, 0.2) is 23.0 Å². The molecule has 14 heteroatoms. The molecule has 7 rings (SSSR count). The maximum absolute atomic E-state index is 13.2. The number of phenolic OH excluding ortho intramolecular Hbond substituents is 4. The van der Waals surface area contributed by atoms with Gasteiger partial charge in [-0.1, -0.05) is 42.5 Å². The molecule has 1 aliphatic heterocycles. The highest BCUT2D eigenvalue weighted by Crippen LogP contribution is 2.39. The summed E-state index contributed by atoms with van der Waals surface area (Å²) in [5.74, 6) is -2.94. The highest BCUT2D eigenvalue weighted by molar-refractivity contribution is 5.88. The molecule has 0 saturated carbocycles. The Kier molecular flexibility index (Phi) is 9.10. The van der Waals surface area contributed by atoms with Gasteiger partial charge in [-0.3, -0.25) is 9.59 Å². The smallest absolute Gasteiger partial charge is 0.239 e. The Hall–Kier alpha value is -6.06. The fraction of sp³-hybridized carbons (Fsp3) is 0.167. The van der Waals surface area contributed by atoms with Crippen LogP contribution in [0.2, 0.25) is 0 Å². The van der Waals surface area contributed by atoms with Crippen molar-refractivity contribution in [2.75, 3.05) is 0 Å². The van der Waals surface area contributed by atoms with E-state index in [0.29, 0.717) is 16.5 Å². The molecule has 8 N–H and O–H groups in total. The van der Waals surface area contributed by atoms with E-state index in [4.69, 9.17) is 18.3 Å². The zero-order valence-corrected chi connectivity index (χ0v) is 26.0. The summed E-state index contributed by atoms with van der Waals surface area (Å²) in [6, 6.07) is 21.5. The van der Waals surface area contributed by atoms with E-state index >= 15 is 0 Å². The topological polar surface area (TPSA) is 241 Å². The molecule has 4 aromatic carbocycles. The average Bonchev–Trinajstić information content (AvgIpc) is 3.10. The molecule has 14 nitrogen and oxygen atoms in total. The van der Waals surface area contributed by atoms with Crippen LogP contribution >= 0.6 is 0 Å². The zero-order chi connectivity index (χ0) is 35.9. The second-order valence-electron chi connectivity index (χ2n) is 11.4. The molecular formula is C36H30O14. The van der Waals surface area contributed by atoms with Crippen molar-refractivity contribution < 1.29 is 59.2 Å². The average molecular weight is 687 g/mol. The summed E-state index contributed by atoms with van der Waals surface area (Å²) >= 11 is 0. The number of fused-ring (bicyclic) bond motifs is 2. The molecule has 1 aliphatic rings. The van der Waals surface area contributed by atoms with E-state index in [1.807, 2.05) is 18.2 Å². The second-order valence-corrected chi connectivity index (χ2v) is 11.4. The lowest BCUT2D eigenvalue weighted by atomic mass is 10.00. The lowest BCUT2D eigenvalue weighted by Gasteiger charge is -2.38. The fourth-order valence-electron chi connectivity index (χ4n) is 5.37. The molecular weight excluding hydrogens is 656 g/mol. The molecule has 0 unspecified atom stereocenters. The second kappa shape index (κ2) is 13.4. The van der Waals surface area contributed by atoms with Crippen molar-refractivity contribution in [3.8, 4) is 57.1 Å². The number of phenols is 4. The summed E-state index contributed by atoms with van der Waals surface area (Å²) < 4.78 is 22.2. The molecule has 5 atom stereocenters. The Morgan fingerprint density at radius 1 is 0.620 bits per heavy atom. The first-order valence-corrected chi connectivity index (χ1v) is 15.1. The minimum Gasteiger partial charge on any atom is -0.508 e. The van der Waals surface area contributed by atoms with Crippen LogP contribution in [0.3, 0.4) is 0 Å². The van der Waals surface area contributed by atoms with Crippen molar-refractivity contribution in [3.63, 3.8) is 0 Å². The monoisotopic (exact) mass is 686 g/mol. The first kappa shape index (κ1) is 33.8. The van der Waals surface area contributed by atoms with Crippen molar-refractivity contribution in [3.05, 3.63) is 105 Å². The number of hydrogen-bond acceptors (Lipinski definition) is 14. The molecule has 2 aromatic heterocycles. The van der Waals surface area contributed by atoms with E-state index in [1.54, 1.807) is 36.4 Å². The Labute approximate surface area is 281 Å². The third-order valence-electron chi connectivity index (χ3n) is 8.01. The fourth-order valence-corrected chi connectivity index (χ4v) is 5.37. The number of benzene rings is 4. The first-order valence-electron chi connectivity index (χ1n) is 15.1. The normalized spacial score (nSPS) is 20.3. The Balaban J connectivity index is 0.000000202. The van der Waals surface area contributed by atoms with Gasteiger partial charge in [-0.2, -0.15) is 0 Å². The van der Waals surface area contributed by atoms with Crippen LogP contribution in [-0.2, 0) is 4.74 Å². The van der Waals surface area contributed by atoms with E-state index < -0.39 is 64.6 Å². The predicted octanol–water partition coefficient (Wildman–Crippen LogP) is 3.65. The minimum absolute atomic E-state index is 0.0658. The number of para-hydroxylation sites is 1. The Morgan fingerprint density at radius 2 is 1.30 bits per heavy atom. The standard InChI is InChI=1S/C21H20O11.C15H10O3/c1-7-15(26)17(28)18(29)21(30-7)32-20-16(27)14-12(25)5-9(22)6-13(14)31-19(20)8-2-3-10(23)11(24)4-8;16-13-11-8-4-5-9-12(11)18-15(14(13)17)10-6-2-1-3-7-10/h2-7,15,17-18,21-26,28-29H,1H3;1-9,17H/t7-,15-,17+,18+,21-;/m0./s1. The van der Waals surface area contributed by atoms with Crippen LogP contribution in [0.15, 0.2) is 103 Å². The van der Waals surface area contributed by atoms with Gasteiger partial charge in [0, 0.05) is 23.3 Å². The summed E-state index contributed by atoms with van der Waals surface area (Å²) in [4.78, 5) is 25.2. The van der Waals surface area contributed by atoms with Gasteiger partial charge in [-0.15, -0.1) is 0 Å². The molecule has 0 bridgehead atoms. The summed E-state index contributed by atoms with van der Waals surface area (Å²) in [7, 11) is 0. The van der Waals surface area contributed by atoms with Gasteiger partial charge in [-0.25, -0.2) is 0 Å². The van der Waals surface area contributed by atoms with Crippen molar-refractivity contribution in [2.45, 2.75) is 37.6 Å². The SMILES string of the molecule is C[C@@H]1O[C@@H](Oc2c(-c3ccc(O)c(O)c3)oc3cc(O)cc(O)c3c2=O)[C@H](O)[C@H](O)[C@H]1O.O=c1c(O)c(-c2ccccc2)oc2ccccc12. The van der Waals surface area contributed by atoms with Crippen LogP contribution in [0.25, 0.3) is 44.6 Å². The summed E-state index contributed by atoms with van der Waals surface area (Å²) in [6.07, 6.45) is -7.35. The third kappa shape index (κ3) is 6.26. The number of aliphatic hydroxyl groups is 3. The van der Waals surface area contributed by atoms with Gasteiger partial charge in [0.25, 0.3) is 0 Å². The van der Waals surface area contributed by atoms with Crippen LogP contribution in [0.1, 0.15) is 6.92 Å². The Bertz CT molecular complexity index is 2310. The largest absolute Gasteiger partial charge is 0.508 e. The third-order valence-corrected chi connectivity index (χ3v) is 8.01. The first-order chi connectivity index (χ1) is 23.8. The van der Waals surface area contributed by atoms with E-state index in [2.05, 4.69) is 0 Å². The number of hydrogen-bond donors (Lipinski definition) is 8. The molecule has 0 radical (unpaired) electrons. The maximum Gasteiger partial charge on any atom is 0.239 e. The molecule has 6 aromatic rings. The number of aromatic hydroxyl groups is 5. The highest BCUT2D eigenvalue weighted by atomic mass is 16.7. The number of aliphatic hydroxyl groups excluding tert-OH is 3. The van der Waals surface area contributed by atoms with E-state index in [-0.39, 0.29) is 39.6 Å². The van der Waals surface area contributed by atoms with Crippen LogP contribution in [0.4, 0.5) is 0 Å². The molecule has 0 amide bonds. The molecule has 0 aliphatic carbocycles. The minimum atomic E-state index is -1.74. The van der Waals surface area contributed by atoms with Crippen molar-refractivity contribution >= 4 is 21.9 Å². The Morgan fingerprint density at radius 3 is 2.02 bits per heavy atom. The maximum atomic E-state index is 13.2.